The van der Waals surface area contributed by atoms with Gasteiger partial charge in [-0.2, -0.15) is 0 Å². The Hall–Kier alpha value is -1.47. The number of rotatable bonds is 5. The van der Waals surface area contributed by atoms with Gasteiger partial charge in [-0.05, 0) is 87.7 Å². The van der Waals surface area contributed by atoms with Gasteiger partial charge in [-0.1, -0.05) is 54.5 Å². The molecule has 0 bridgehead atoms. The van der Waals surface area contributed by atoms with E-state index in [4.69, 9.17) is 0 Å². The molecule has 0 aromatic heterocycles. The number of hydrogen-bond donors (Lipinski definition) is 1. The minimum atomic E-state index is -0.844. The van der Waals surface area contributed by atoms with Gasteiger partial charge < -0.3 is 5.11 Å². The Morgan fingerprint density at radius 3 is 1.71 bits per heavy atom. The summed E-state index contributed by atoms with van der Waals surface area (Å²) in [5.74, 6) is -2.20. The Labute approximate surface area is 204 Å². The molecule has 1 aromatic rings. The lowest BCUT2D eigenvalue weighted by Crippen LogP contribution is -2.32. The second kappa shape index (κ2) is 15.4. The topological polar surface area (TPSA) is 74.7 Å². The Morgan fingerprint density at radius 2 is 1.35 bits per heavy atom. The zero-order valence-corrected chi connectivity index (χ0v) is 23.6. The van der Waals surface area contributed by atoms with Crippen molar-refractivity contribution in [3.05, 3.63) is 37.3 Å². The number of carboxylic acids is 1. The molecule has 1 atom stereocenters. The maximum atomic E-state index is 12.5. The van der Waals surface area contributed by atoms with Gasteiger partial charge in [0.15, 0.2) is 0 Å². The van der Waals surface area contributed by atoms with Crippen molar-refractivity contribution in [1.82, 2.24) is 0 Å². The van der Waals surface area contributed by atoms with Crippen molar-refractivity contribution in [1.29, 1.82) is 0 Å². The number of nitrogens with zero attached hydrogens (tertiary/aromatic N) is 1. The van der Waals surface area contributed by atoms with Crippen molar-refractivity contribution in [2.24, 2.45) is 5.92 Å². The molecule has 1 N–H and O–H groups in total. The van der Waals surface area contributed by atoms with Crippen LogP contribution in [0.3, 0.4) is 0 Å². The Kier molecular flexibility index (Phi) is 15.7. The summed E-state index contributed by atoms with van der Waals surface area (Å²) < 4.78 is 0.380. The first kappa shape index (κ1) is 31.7. The molecule has 1 heterocycles. The third kappa shape index (κ3) is 7.28. The smallest absolute Gasteiger partial charge is 0.306 e. The summed E-state index contributed by atoms with van der Waals surface area (Å²) in [5.41, 5.74) is 3.92. The molecule has 5 nitrogen and oxygen atoms in total. The molecule has 2 amide bonds. The predicted octanol–water partition coefficient (Wildman–Crippen LogP) is 7.22. The van der Waals surface area contributed by atoms with Crippen LogP contribution < -0.4 is 4.90 Å². The highest BCUT2D eigenvalue weighted by Crippen LogP contribution is 2.38. The quantitative estimate of drug-likeness (QED) is 0.384. The number of carbonyl (C=O) groups is 3. The highest BCUT2D eigenvalue weighted by Gasteiger charge is 2.39. The van der Waals surface area contributed by atoms with Gasteiger partial charge >= 0.3 is 5.97 Å². The minimum Gasteiger partial charge on any atom is -0.481 e. The summed E-state index contributed by atoms with van der Waals surface area (Å²) in [6, 6.07) is 1.90. The number of amides is 2. The van der Waals surface area contributed by atoms with E-state index in [0.29, 0.717) is 18.5 Å². The molecule has 0 fully saturated rings. The second-order valence-electron chi connectivity index (χ2n) is 6.18. The van der Waals surface area contributed by atoms with Crippen LogP contribution in [0.2, 0.25) is 0 Å². The fourth-order valence-electron chi connectivity index (χ4n) is 3.20. The maximum absolute atomic E-state index is 12.5. The van der Waals surface area contributed by atoms with E-state index in [1.54, 1.807) is 0 Å². The van der Waals surface area contributed by atoms with Crippen LogP contribution in [0, 0.1) is 26.7 Å². The lowest BCUT2D eigenvalue weighted by molar-refractivity contribution is -0.141. The van der Waals surface area contributed by atoms with Gasteiger partial charge in [0.05, 0.1) is 11.6 Å². The average molecular weight is 563 g/mol. The van der Waals surface area contributed by atoms with Crippen LogP contribution >= 0.6 is 31.9 Å². The van der Waals surface area contributed by atoms with Crippen molar-refractivity contribution in [3.8, 4) is 0 Å². The van der Waals surface area contributed by atoms with Crippen LogP contribution in [0.5, 0.6) is 0 Å². The fourth-order valence-corrected chi connectivity index (χ4v) is 3.90. The van der Waals surface area contributed by atoms with Crippen molar-refractivity contribution in [2.45, 2.75) is 82.1 Å². The molecule has 1 aromatic carbocycles. The van der Waals surface area contributed by atoms with Gasteiger partial charge in [-0.3, -0.25) is 14.4 Å². The molecule has 1 unspecified atom stereocenters. The predicted molar refractivity (Wildman–Crippen MR) is 137 cm³/mol. The third-order valence-corrected chi connectivity index (χ3v) is 6.58. The lowest BCUT2D eigenvalue weighted by atomic mass is 9.88. The standard InChI is InChI=1S/C18H19Br2NO4.3C2H6/c1-5-11(18(24)25)7-12-8(2)6-9(3)15(10(12)4)21-16(22)13(19)14(20)17(21)23;3*1-2/h6,11H,5,7H2,1-4H3,(H,24,25);3*1-2H3. The molecule has 0 saturated carbocycles. The molecule has 1 aliphatic rings. The highest BCUT2D eigenvalue weighted by molar-refractivity contribution is 9.14. The summed E-state index contributed by atoms with van der Waals surface area (Å²) in [6.45, 7) is 19.4. The number of carbonyl (C=O) groups excluding carboxylic acids is 2. The molecule has 7 heteroatoms. The van der Waals surface area contributed by atoms with Gasteiger partial charge in [0.25, 0.3) is 11.8 Å². The summed E-state index contributed by atoms with van der Waals surface area (Å²) in [5, 5.41) is 9.37. The summed E-state index contributed by atoms with van der Waals surface area (Å²) in [7, 11) is 0. The highest BCUT2D eigenvalue weighted by atomic mass is 79.9. The largest absolute Gasteiger partial charge is 0.481 e. The first-order valence-corrected chi connectivity index (χ1v) is 12.5. The van der Waals surface area contributed by atoms with Crippen molar-refractivity contribution < 1.29 is 19.5 Å². The number of aliphatic carboxylic acids is 1. The number of benzene rings is 1. The third-order valence-electron chi connectivity index (χ3n) is 4.58. The van der Waals surface area contributed by atoms with E-state index in [-0.39, 0.29) is 8.96 Å². The van der Waals surface area contributed by atoms with Crippen molar-refractivity contribution in [3.63, 3.8) is 0 Å². The van der Waals surface area contributed by atoms with E-state index in [1.165, 1.54) is 0 Å². The maximum Gasteiger partial charge on any atom is 0.306 e. The van der Waals surface area contributed by atoms with Crippen LogP contribution in [0.4, 0.5) is 5.69 Å². The Morgan fingerprint density at radius 1 is 0.935 bits per heavy atom. The van der Waals surface area contributed by atoms with E-state index in [0.717, 1.165) is 27.2 Å². The summed E-state index contributed by atoms with van der Waals surface area (Å²) in [4.78, 5) is 37.5. The van der Waals surface area contributed by atoms with E-state index in [9.17, 15) is 19.5 Å². The first-order valence-electron chi connectivity index (χ1n) is 10.9. The zero-order chi connectivity index (χ0) is 25.0. The SMILES string of the molecule is CC.CC.CC.CCC(Cc1c(C)cc(C)c(N2C(=O)C(Br)=C(Br)C2=O)c1C)C(=O)O. The van der Waals surface area contributed by atoms with Crippen LogP contribution in [-0.4, -0.2) is 22.9 Å². The molecule has 0 aliphatic carbocycles. The van der Waals surface area contributed by atoms with Gasteiger partial charge in [-0.15, -0.1) is 0 Å². The number of hydrogen-bond acceptors (Lipinski definition) is 3. The van der Waals surface area contributed by atoms with E-state index < -0.39 is 23.7 Å². The van der Waals surface area contributed by atoms with E-state index in [1.807, 2.05) is 75.3 Å². The zero-order valence-electron chi connectivity index (χ0n) is 20.4. The number of aryl methyl sites for hydroxylation is 2. The minimum absolute atomic E-state index is 0.190. The van der Waals surface area contributed by atoms with Crippen LogP contribution in [-0.2, 0) is 20.8 Å². The van der Waals surface area contributed by atoms with E-state index >= 15 is 0 Å². The molecule has 0 spiro atoms. The second-order valence-corrected chi connectivity index (χ2v) is 7.77. The molecule has 2 rings (SSSR count). The van der Waals surface area contributed by atoms with Crippen LogP contribution in [0.15, 0.2) is 15.0 Å². The number of halogens is 2. The molecule has 31 heavy (non-hydrogen) atoms. The number of imide groups is 1. The van der Waals surface area contributed by atoms with Crippen LogP contribution in [0.25, 0.3) is 0 Å². The first-order chi connectivity index (χ1) is 14.6. The van der Waals surface area contributed by atoms with Crippen molar-refractivity contribution >= 4 is 55.3 Å². The van der Waals surface area contributed by atoms with Gasteiger partial charge in [0.1, 0.15) is 8.96 Å². The molecule has 0 saturated heterocycles. The van der Waals surface area contributed by atoms with Gasteiger partial charge in [0.2, 0.25) is 0 Å². The molecule has 0 radical (unpaired) electrons. The molecule has 1 aliphatic heterocycles. The number of anilines is 1. The molecule has 176 valence electrons. The Balaban J connectivity index is 0. The fraction of sp³-hybridized carbons (Fsp3) is 0.542. The van der Waals surface area contributed by atoms with E-state index in [2.05, 4.69) is 31.9 Å². The summed E-state index contributed by atoms with van der Waals surface area (Å²) >= 11 is 6.29. The van der Waals surface area contributed by atoms with Gasteiger partial charge in [-0.25, -0.2) is 4.90 Å². The van der Waals surface area contributed by atoms with Gasteiger partial charge in [0, 0.05) is 0 Å². The molecular weight excluding hydrogens is 526 g/mol. The number of carboxylic acid groups (broad SMARTS) is 1. The van der Waals surface area contributed by atoms with Crippen molar-refractivity contribution in [2.75, 3.05) is 4.90 Å². The summed E-state index contributed by atoms with van der Waals surface area (Å²) in [6.07, 6.45) is 0.875. The normalized spacial score (nSPS) is 13.5. The van der Waals surface area contributed by atoms with Crippen LogP contribution in [0.1, 0.15) is 77.1 Å². The lowest BCUT2D eigenvalue weighted by Gasteiger charge is -2.24. The monoisotopic (exact) mass is 561 g/mol. The average Bonchev–Trinajstić information content (AvgIpc) is 2.95. The molecular formula is C24H37Br2NO4. The Bertz CT molecular complexity index is 792.